The molecule has 1 unspecified atom stereocenters. The second-order valence-electron chi connectivity index (χ2n) is 6.15. The van der Waals surface area contributed by atoms with Crippen LogP contribution in [0.4, 0.5) is 0 Å². The molecule has 1 fully saturated rings. The Kier molecular flexibility index (Phi) is 5.85. The predicted molar refractivity (Wildman–Crippen MR) is 95.2 cm³/mol. The Labute approximate surface area is 143 Å². The minimum absolute atomic E-state index is 0.0212. The smallest absolute Gasteiger partial charge is 0.251 e. The Balaban J connectivity index is 1.58. The summed E-state index contributed by atoms with van der Waals surface area (Å²) in [5.41, 5.74) is 1.76. The fraction of sp³-hybridized carbons (Fsp3) is 0.350. The summed E-state index contributed by atoms with van der Waals surface area (Å²) in [4.78, 5) is 12.5. The highest BCUT2D eigenvalue weighted by atomic mass is 16.5. The zero-order valence-electron chi connectivity index (χ0n) is 13.8. The van der Waals surface area contributed by atoms with Gasteiger partial charge in [-0.3, -0.25) is 4.79 Å². The van der Waals surface area contributed by atoms with Gasteiger partial charge in [0.25, 0.3) is 5.91 Å². The van der Waals surface area contributed by atoms with E-state index in [-0.39, 0.29) is 11.9 Å². The molecule has 0 saturated carbocycles. The first kappa shape index (κ1) is 16.5. The molecule has 126 valence electrons. The molecule has 0 radical (unpaired) electrons. The number of rotatable bonds is 5. The molecule has 2 aromatic rings. The number of nitrogens with one attached hydrogen (secondary N) is 2. The highest BCUT2D eigenvalue weighted by Crippen LogP contribution is 2.16. The molecular weight excluding hydrogens is 300 g/mol. The molecule has 0 aromatic heterocycles. The first-order valence-corrected chi connectivity index (χ1v) is 8.59. The molecule has 0 spiro atoms. The monoisotopic (exact) mass is 324 g/mol. The quantitative estimate of drug-likeness (QED) is 0.888. The van der Waals surface area contributed by atoms with Crippen LogP contribution >= 0.6 is 0 Å². The highest BCUT2D eigenvalue weighted by molar-refractivity contribution is 5.94. The van der Waals surface area contributed by atoms with Gasteiger partial charge in [0.15, 0.2) is 0 Å². The van der Waals surface area contributed by atoms with Gasteiger partial charge >= 0.3 is 0 Å². The van der Waals surface area contributed by atoms with Gasteiger partial charge in [-0.25, -0.2) is 0 Å². The summed E-state index contributed by atoms with van der Waals surface area (Å²) in [5, 5.41) is 6.50. The second kappa shape index (κ2) is 8.50. The van der Waals surface area contributed by atoms with Gasteiger partial charge in [-0.15, -0.1) is 0 Å². The maximum atomic E-state index is 12.5. The van der Waals surface area contributed by atoms with E-state index in [1.807, 2.05) is 54.6 Å². The minimum Gasteiger partial charge on any atom is -0.489 e. The number of benzene rings is 2. The lowest BCUT2D eigenvalue weighted by molar-refractivity contribution is 0.0933. The summed E-state index contributed by atoms with van der Waals surface area (Å²) in [6.45, 7) is 2.50. The van der Waals surface area contributed by atoms with Crippen LogP contribution in [-0.2, 0) is 6.61 Å². The number of carbonyl (C=O) groups is 1. The van der Waals surface area contributed by atoms with Gasteiger partial charge in [0.1, 0.15) is 12.4 Å². The van der Waals surface area contributed by atoms with Gasteiger partial charge in [-0.1, -0.05) is 36.4 Å². The Bertz CT molecular complexity index is 650. The molecule has 3 rings (SSSR count). The molecule has 2 N–H and O–H groups in total. The average molecular weight is 324 g/mol. The lowest BCUT2D eigenvalue weighted by Crippen LogP contribution is -2.35. The Morgan fingerprint density at radius 3 is 2.83 bits per heavy atom. The van der Waals surface area contributed by atoms with Crippen LogP contribution in [0.3, 0.4) is 0 Å². The van der Waals surface area contributed by atoms with Crippen LogP contribution in [-0.4, -0.2) is 25.0 Å². The van der Waals surface area contributed by atoms with E-state index < -0.39 is 0 Å². The summed E-state index contributed by atoms with van der Waals surface area (Å²) >= 11 is 0. The van der Waals surface area contributed by atoms with E-state index in [2.05, 4.69) is 10.6 Å². The van der Waals surface area contributed by atoms with Crippen molar-refractivity contribution in [2.45, 2.75) is 31.9 Å². The minimum atomic E-state index is -0.0212. The van der Waals surface area contributed by atoms with Gasteiger partial charge in [-0.05, 0) is 56.1 Å². The van der Waals surface area contributed by atoms with E-state index in [0.29, 0.717) is 17.9 Å². The third kappa shape index (κ3) is 4.83. The first-order valence-electron chi connectivity index (χ1n) is 8.59. The first-order chi connectivity index (χ1) is 11.8. The molecule has 0 bridgehead atoms. The van der Waals surface area contributed by atoms with Gasteiger partial charge in [0.2, 0.25) is 0 Å². The topological polar surface area (TPSA) is 50.4 Å². The maximum absolute atomic E-state index is 12.5. The van der Waals surface area contributed by atoms with E-state index in [4.69, 9.17) is 4.74 Å². The summed E-state index contributed by atoms with van der Waals surface area (Å²) in [6.07, 6.45) is 3.12. The van der Waals surface area contributed by atoms with E-state index in [1.54, 1.807) is 0 Å². The van der Waals surface area contributed by atoms with Crippen LogP contribution in [0.2, 0.25) is 0 Å². The molecule has 1 heterocycles. The zero-order valence-corrected chi connectivity index (χ0v) is 13.8. The van der Waals surface area contributed by atoms with E-state index in [1.165, 1.54) is 0 Å². The fourth-order valence-electron chi connectivity index (χ4n) is 2.90. The molecule has 4 heteroatoms. The normalized spacial score (nSPS) is 17.8. The molecule has 1 amide bonds. The molecule has 1 aliphatic heterocycles. The van der Waals surface area contributed by atoms with E-state index >= 15 is 0 Å². The highest BCUT2D eigenvalue weighted by Gasteiger charge is 2.15. The van der Waals surface area contributed by atoms with Gasteiger partial charge in [0, 0.05) is 11.6 Å². The lowest BCUT2D eigenvalue weighted by atomic mass is 10.1. The third-order valence-electron chi connectivity index (χ3n) is 4.26. The van der Waals surface area contributed by atoms with Crippen molar-refractivity contribution >= 4 is 5.91 Å². The fourth-order valence-corrected chi connectivity index (χ4v) is 2.90. The van der Waals surface area contributed by atoms with Crippen LogP contribution in [0, 0.1) is 0 Å². The molecule has 2 aromatic carbocycles. The molecule has 24 heavy (non-hydrogen) atoms. The van der Waals surface area contributed by atoms with E-state index in [9.17, 15) is 4.79 Å². The molecule has 1 saturated heterocycles. The van der Waals surface area contributed by atoms with Crippen molar-refractivity contribution < 1.29 is 9.53 Å². The van der Waals surface area contributed by atoms with Crippen LogP contribution in [0.5, 0.6) is 5.75 Å². The van der Waals surface area contributed by atoms with Crippen molar-refractivity contribution in [3.05, 3.63) is 65.7 Å². The second-order valence-corrected chi connectivity index (χ2v) is 6.15. The van der Waals surface area contributed by atoms with Crippen molar-refractivity contribution in [1.29, 1.82) is 0 Å². The summed E-state index contributed by atoms with van der Waals surface area (Å²) in [7, 11) is 0. The molecule has 0 aliphatic carbocycles. The largest absolute Gasteiger partial charge is 0.489 e. The summed E-state index contributed by atoms with van der Waals surface area (Å²) in [5.74, 6) is 0.695. The van der Waals surface area contributed by atoms with Crippen LogP contribution in [0.15, 0.2) is 54.6 Å². The Morgan fingerprint density at radius 2 is 1.96 bits per heavy atom. The Hall–Kier alpha value is -2.33. The standard InChI is InChI=1S/C20H24N2O2/c23-20(22-18-9-5-12-21-13-11-18)17-8-4-10-19(14-17)24-15-16-6-2-1-3-7-16/h1-4,6-8,10,14,18,21H,5,9,11-13,15H2,(H,22,23). The molecular formula is C20H24N2O2. The molecule has 4 nitrogen and oxygen atoms in total. The lowest BCUT2D eigenvalue weighted by Gasteiger charge is -2.16. The van der Waals surface area contributed by atoms with Gasteiger partial charge in [0.05, 0.1) is 0 Å². The van der Waals surface area contributed by atoms with Crippen molar-refractivity contribution in [2.24, 2.45) is 0 Å². The summed E-state index contributed by atoms with van der Waals surface area (Å²) < 4.78 is 5.80. The number of carbonyl (C=O) groups excluding carboxylic acids is 1. The van der Waals surface area contributed by atoms with Crippen molar-refractivity contribution in [2.75, 3.05) is 13.1 Å². The number of hydrogen-bond acceptors (Lipinski definition) is 3. The number of hydrogen-bond donors (Lipinski definition) is 2. The predicted octanol–water partition coefficient (Wildman–Crippen LogP) is 3.14. The third-order valence-corrected chi connectivity index (χ3v) is 4.26. The van der Waals surface area contributed by atoms with Crippen LogP contribution < -0.4 is 15.4 Å². The average Bonchev–Trinajstić information content (AvgIpc) is 2.90. The molecule has 1 aliphatic rings. The van der Waals surface area contributed by atoms with Gasteiger partial charge in [-0.2, -0.15) is 0 Å². The van der Waals surface area contributed by atoms with Crippen LogP contribution in [0.25, 0.3) is 0 Å². The van der Waals surface area contributed by atoms with Crippen LogP contribution in [0.1, 0.15) is 35.2 Å². The zero-order chi connectivity index (χ0) is 16.6. The summed E-state index contributed by atoms with van der Waals surface area (Å²) in [6, 6.07) is 17.7. The molecule has 1 atom stereocenters. The maximum Gasteiger partial charge on any atom is 0.251 e. The van der Waals surface area contributed by atoms with Crippen molar-refractivity contribution in [1.82, 2.24) is 10.6 Å². The number of ether oxygens (including phenoxy) is 1. The Morgan fingerprint density at radius 1 is 1.08 bits per heavy atom. The van der Waals surface area contributed by atoms with Crippen molar-refractivity contribution in [3.63, 3.8) is 0 Å². The SMILES string of the molecule is O=C(NC1CCCNCC1)c1cccc(OCc2ccccc2)c1. The number of amides is 1. The van der Waals surface area contributed by atoms with Gasteiger partial charge < -0.3 is 15.4 Å². The van der Waals surface area contributed by atoms with E-state index in [0.717, 1.165) is 37.9 Å². The van der Waals surface area contributed by atoms with Crippen molar-refractivity contribution in [3.8, 4) is 5.75 Å².